The van der Waals surface area contributed by atoms with Crippen molar-refractivity contribution in [2.24, 2.45) is 0 Å². The van der Waals surface area contributed by atoms with Gasteiger partial charge >= 0.3 is 0 Å². The fourth-order valence-electron chi connectivity index (χ4n) is 2.54. The van der Waals surface area contributed by atoms with Crippen LogP contribution in [0, 0.1) is 6.92 Å². The topological polar surface area (TPSA) is 48.9 Å². The second kappa shape index (κ2) is 7.31. The number of hydrogen-bond donors (Lipinski definition) is 0. The molecular weight excluding hydrogens is 240 g/mol. The Labute approximate surface area is 116 Å². The molecule has 4 nitrogen and oxygen atoms in total. The second-order valence-corrected chi connectivity index (χ2v) is 5.14. The Morgan fingerprint density at radius 3 is 2.58 bits per heavy atom. The van der Waals surface area contributed by atoms with Crippen LogP contribution in [0.15, 0.2) is 6.20 Å². The third-order valence-electron chi connectivity index (χ3n) is 3.69. The zero-order valence-electron chi connectivity index (χ0n) is 12.6. The minimum atomic E-state index is -1.02. The van der Waals surface area contributed by atoms with Gasteiger partial charge in [0.25, 0.3) is 5.82 Å². The minimum Gasteiger partial charge on any atom is -0.546 e. The number of nitrogens with zero attached hydrogens (tertiary/aromatic N) is 2. The molecule has 1 aromatic rings. The van der Waals surface area contributed by atoms with Crippen molar-refractivity contribution in [1.29, 1.82) is 0 Å². The van der Waals surface area contributed by atoms with E-state index in [0.717, 1.165) is 30.9 Å². The van der Waals surface area contributed by atoms with Crippen molar-refractivity contribution in [3.05, 3.63) is 17.7 Å². The zero-order valence-corrected chi connectivity index (χ0v) is 12.6. The first kappa shape index (κ1) is 15.7. The van der Waals surface area contributed by atoms with Gasteiger partial charge < -0.3 is 9.90 Å². The van der Waals surface area contributed by atoms with Gasteiger partial charge in [-0.2, -0.15) is 0 Å². The largest absolute Gasteiger partial charge is 0.546 e. The molecule has 0 fully saturated rings. The summed E-state index contributed by atoms with van der Waals surface area (Å²) in [6.07, 6.45) is 7.62. The highest BCUT2D eigenvalue weighted by atomic mass is 16.4. The van der Waals surface area contributed by atoms with Crippen molar-refractivity contribution < 1.29 is 14.5 Å². The van der Waals surface area contributed by atoms with E-state index in [1.165, 1.54) is 19.3 Å². The van der Waals surface area contributed by atoms with E-state index in [9.17, 15) is 9.90 Å². The molecule has 1 unspecified atom stereocenters. The highest BCUT2D eigenvalue weighted by Crippen LogP contribution is 2.11. The summed E-state index contributed by atoms with van der Waals surface area (Å²) in [5.74, 6) is 0.0841. The number of hydrogen-bond acceptors (Lipinski definition) is 2. The Bertz CT molecular complexity index is 424. The number of aromatic nitrogens is 2. The number of aryl methyl sites for hydroxylation is 1. The van der Waals surface area contributed by atoms with Gasteiger partial charge in [0.2, 0.25) is 0 Å². The molecule has 0 bridgehead atoms. The van der Waals surface area contributed by atoms with E-state index in [2.05, 4.69) is 18.4 Å². The smallest absolute Gasteiger partial charge is 0.257 e. The minimum absolute atomic E-state index is 0.604. The maximum absolute atomic E-state index is 11.1. The molecule has 0 radical (unpaired) electrons. The standard InChI is InChI=1S/C15H26N2O2/c1-5-7-8-9-10-14-16(6-2)12(3)11-17(14)13(4)15(18)19/h11,13H,5-10H2,1-4H3. The molecule has 0 aliphatic heterocycles. The SMILES string of the molecule is CCCCCCc1n(CC)c(C)c[n+]1C(C)C(=O)[O-]. The maximum atomic E-state index is 11.1. The molecule has 19 heavy (non-hydrogen) atoms. The van der Waals surface area contributed by atoms with Crippen molar-refractivity contribution >= 4 is 5.97 Å². The lowest BCUT2D eigenvalue weighted by Gasteiger charge is -2.12. The summed E-state index contributed by atoms with van der Waals surface area (Å²) in [5.41, 5.74) is 1.11. The lowest BCUT2D eigenvalue weighted by Crippen LogP contribution is -2.49. The molecule has 0 saturated carbocycles. The molecule has 4 heteroatoms. The third kappa shape index (κ3) is 3.82. The molecule has 0 spiro atoms. The Morgan fingerprint density at radius 1 is 1.37 bits per heavy atom. The monoisotopic (exact) mass is 266 g/mol. The van der Waals surface area contributed by atoms with Crippen LogP contribution in [0.1, 0.15) is 64.0 Å². The van der Waals surface area contributed by atoms with Crippen LogP contribution in [-0.4, -0.2) is 10.5 Å². The number of carboxylic acid groups (broad SMARTS) is 1. The molecule has 1 rings (SSSR count). The van der Waals surface area contributed by atoms with Crippen LogP contribution in [0.5, 0.6) is 0 Å². The third-order valence-corrected chi connectivity index (χ3v) is 3.69. The van der Waals surface area contributed by atoms with Gasteiger partial charge in [0, 0.05) is 13.3 Å². The number of carboxylic acids is 1. The summed E-state index contributed by atoms with van der Waals surface area (Å²) >= 11 is 0. The van der Waals surface area contributed by atoms with Gasteiger partial charge in [-0.15, -0.1) is 0 Å². The van der Waals surface area contributed by atoms with E-state index >= 15 is 0 Å². The van der Waals surface area contributed by atoms with Crippen LogP contribution in [0.4, 0.5) is 0 Å². The Kier molecular flexibility index (Phi) is 6.06. The van der Waals surface area contributed by atoms with Crippen molar-refractivity contribution in [1.82, 2.24) is 4.57 Å². The first-order valence-electron chi connectivity index (χ1n) is 7.33. The number of aliphatic carboxylic acids is 1. The summed E-state index contributed by atoms with van der Waals surface area (Å²) in [4.78, 5) is 11.1. The van der Waals surface area contributed by atoms with E-state index in [0.29, 0.717) is 0 Å². The van der Waals surface area contributed by atoms with Gasteiger partial charge in [-0.3, -0.25) is 0 Å². The maximum Gasteiger partial charge on any atom is 0.257 e. The molecule has 108 valence electrons. The zero-order chi connectivity index (χ0) is 14.4. The molecule has 0 aliphatic carbocycles. The summed E-state index contributed by atoms with van der Waals surface area (Å²) in [5, 5.41) is 11.1. The van der Waals surface area contributed by atoms with Gasteiger partial charge in [-0.1, -0.05) is 26.2 Å². The van der Waals surface area contributed by atoms with E-state index in [1.54, 1.807) is 6.92 Å². The number of rotatable bonds is 8. The van der Waals surface area contributed by atoms with Crippen molar-refractivity contribution in [3.8, 4) is 0 Å². The first-order chi connectivity index (χ1) is 9.02. The molecule has 1 atom stereocenters. The van der Waals surface area contributed by atoms with E-state index in [4.69, 9.17) is 0 Å². The van der Waals surface area contributed by atoms with Gasteiger partial charge in [0.05, 0.1) is 12.5 Å². The van der Waals surface area contributed by atoms with Crippen LogP contribution in [0.25, 0.3) is 0 Å². The molecule has 1 aromatic heterocycles. The summed E-state index contributed by atoms with van der Waals surface area (Å²) < 4.78 is 4.06. The van der Waals surface area contributed by atoms with Gasteiger partial charge in [-0.05, 0) is 20.3 Å². The average Bonchev–Trinajstić information content (AvgIpc) is 2.69. The molecular formula is C15H26N2O2. The van der Waals surface area contributed by atoms with Crippen LogP contribution < -0.4 is 9.67 Å². The number of unbranched alkanes of at least 4 members (excludes halogenated alkanes) is 3. The quantitative estimate of drug-likeness (QED) is 0.529. The van der Waals surface area contributed by atoms with Crippen LogP contribution in [0.2, 0.25) is 0 Å². The number of carbonyl (C=O) groups excluding carboxylic acids is 1. The molecule has 0 amide bonds. The fraction of sp³-hybridized carbons (Fsp3) is 0.733. The predicted molar refractivity (Wildman–Crippen MR) is 72.6 cm³/mol. The van der Waals surface area contributed by atoms with Gasteiger partial charge in [0.15, 0.2) is 0 Å². The Balaban J connectivity index is 2.93. The molecule has 0 aromatic carbocycles. The van der Waals surface area contributed by atoms with Crippen molar-refractivity contribution in [3.63, 3.8) is 0 Å². The van der Waals surface area contributed by atoms with Crippen molar-refractivity contribution in [2.45, 2.75) is 72.4 Å². The highest BCUT2D eigenvalue weighted by molar-refractivity contribution is 5.66. The highest BCUT2D eigenvalue weighted by Gasteiger charge is 2.23. The van der Waals surface area contributed by atoms with Gasteiger partial charge in [-0.25, -0.2) is 9.13 Å². The molecule has 0 saturated heterocycles. The van der Waals surface area contributed by atoms with Crippen LogP contribution in [-0.2, 0) is 17.8 Å². The molecule has 0 N–H and O–H groups in total. The van der Waals surface area contributed by atoms with E-state index < -0.39 is 12.0 Å². The lowest BCUT2D eigenvalue weighted by molar-refractivity contribution is -0.719. The number of carbonyl (C=O) groups is 1. The van der Waals surface area contributed by atoms with Crippen molar-refractivity contribution in [2.75, 3.05) is 0 Å². The summed E-state index contributed by atoms with van der Waals surface area (Å²) in [6.45, 7) is 8.87. The van der Waals surface area contributed by atoms with Crippen LogP contribution >= 0.6 is 0 Å². The average molecular weight is 266 g/mol. The number of imidazole rings is 1. The first-order valence-corrected chi connectivity index (χ1v) is 7.33. The van der Waals surface area contributed by atoms with E-state index in [-0.39, 0.29) is 0 Å². The van der Waals surface area contributed by atoms with E-state index in [1.807, 2.05) is 17.7 Å². The predicted octanol–water partition coefficient (Wildman–Crippen LogP) is 1.54. The molecule has 1 heterocycles. The Morgan fingerprint density at radius 2 is 2.05 bits per heavy atom. The van der Waals surface area contributed by atoms with Crippen LogP contribution in [0.3, 0.4) is 0 Å². The fourth-order valence-corrected chi connectivity index (χ4v) is 2.54. The Hall–Kier alpha value is -1.32. The van der Waals surface area contributed by atoms with Gasteiger partial charge in [0.1, 0.15) is 17.9 Å². The lowest BCUT2D eigenvalue weighted by atomic mass is 10.1. The summed E-state index contributed by atoms with van der Waals surface area (Å²) in [6, 6.07) is -0.604. The normalized spacial score (nSPS) is 12.6. The second-order valence-electron chi connectivity index (χ2n) is 5.14. The summed E-state index contributed by atoms with van der Waals surface area (Å²) in [7, 11) is 0. The molecule has 0 aliphatic rings.